The van der Waals surface area contributed by atoms with Crippen LogP contribution in [0, 0.1) is 0 Å². The first-order valence-electron chi connectivity index (χ1n) is 6.94. The molecule has 21 heavy (non-hydrogen) atoms. The zero-order valence-electron chi connectivity index (χ0n) is 12.4. The maximum Gasteiger partial charge on any atom is 0.122 e. The molecule has 4 nitrogen and oxygen atoms in total. The second kappa shape index (κ2) is 7.55. The third-order valence-corrected chi connectivity index (χ3v) is 3.06. The number of rotatable bonds is 7. The molecule has 2 aromatic rings. The highest BCUT2D eigenvalue weighted by Gasteiger charge is 2.01. The van der Waals surface area contributed by atoms with E-state index in [-0.39, 0.29) is 6.04 Å². The molecule has 0 heterocycles. The molecule has 4 heteroatoms. The number of methoxy groups -OCH3 is 1. The van der Waals surface area contributed by atoms with Gasteiger partial charge in [0.25, 0.3) is 0 Å². The second-order valence-corrected chi connectivity index (χ2v) is 4.73. The Kier molecular flexibility index (Phi) is 5.46. The quantitative estimate of drug-likeness (QED) is 0.795. The van der Waals surface area contributed by atoms with E-state index in [9.17, 15) is 0 Å². The van der Waals surface area contributed by atoms with Gasteiger partial charge in [-0.05, 0) is 48.9 Å². The molecule has 0 radical (unpaired) electrons. The summed E-state index contributed by atoms with van der Waals surface area (Å²) in [6, 6.07) is 15.3. The molecular formula is C17H21NO3. The summed E-state index contributed by atoms with van der Waals surface area (Å²) >= 11 is 0. The number of ether oxygens (including phenoxy) is 3. The van der Waals surface area contributed by atoms with Crippen LogP contribution in [0.5, 0.6) is 17.2 Å². The summed E-state index contributed by atoms with van der Waals surface area (Å²) in [5, 5.41) is 0. The minimum Gasteiger partial charge on any atom is -0.497 e. The van der Waals surface area contributed by atoms with Crippen molar-refractivity contribution in [3.8, 4) is 17.2 Å². The molecule has 0 saturated heterocycles. The Balaban J connectivity index is 1.77. The topological polar surface area (TPSA) is 53.7 Å². The van der Waals surface area contributed by atoms with Crippen LogP contribution in [0.25, 0.3) is 0 Å². The lowest BCUT2D eigenvalue weighted by atomic mass is 10.1. The van der Waals surface area contributed by atoms with Crippen LogP contribution in [-0.4, -0.2) is 20.3 Å². The van der Waals surface area contributed by atoms with Gasteiger partial charge in [0.2, 0.25) is 0 Å². The number of benzene rings is 2. The van der Waals surface area contributed by atoms with Gasteiger partial charge < -0.3 is 19.9 Å². The Morgan fingerprint density at radius 1 is 0.905 bits per heavy atom. The summed E-state index contributed by atoms with van der Waals surface area (Å²) in [5.74, 6) is 2.41. The van der Waals surface area contributed by atoms with Crippen molar-refractivity contribution in [3.05, 3.63) is 54.1 Å². The molecule has 0 saturated carbocycles. The maximum absolute atomic E-state index is 5.85. The van der Waals surface area contributed by atoms with Gasteiger partial charge >= 0.3 is 0 Å². The summed E-state index contributed by atoms with van der Waals surface area (Å²) in [7, 11) is 1.64. The van der Waals surface area contributed by atoms with E-state index in [4.69, 9.17) is 19.9 Å². The molecule has 2 aromatic carbocycles. The first-order valence-corrected chi connectivity index (χ1v) is 6.94. The van der Waals surface area contributed by atoms with E-state index < -0.39 is 0 Å². The summed E-state index contributed by atoms with van der Waals surface area (Å²) in [6.45, 7) is 2.91. The molecule has 0 spiro atoms. The van der Waals surface area contributed by atoms with Gasteiger partial charge in [0.1, 0.15) is 30.5 Å². The highest BCUT2D eigenvalue weighted by molar-refractivity contribution is 5.31. The second-order valence-electron chi connectivity index (χ2n) is 4.73. The van der Waals surface area contributed by atoms with Crippen molar-refractivity contribution in [1.82, 2.24) is 0 Å². The molecule has 0 aliphatic rings. The summed E-state index contributed by atoms with van der Waals surface area (Å²) in [5.41, 5.74) is 6.91. The molecule has 0 aliphatic heterocycles. The SMILES string of the molecule is COc1ccc(OCCOc2cccc(C(C)N)c2)cc1. The lowest BCUT2D eigenvalue weighted by Gasteiger charge is -2.11. The van der Waals surface area contributed by atoms with E-state index in [2.05, 4.69) is 0 Å². The van der Waals surface area contributed by atoms with Gasteiger partial charge in [-0.2, -0.15) is 0 Å². The molecule has 1 atom stereocenters. The lowest BCUT2D eigenvalue weighted by molar-refractivity contribution is 0.217. The first-order chi connectivity index (χ1) is 10.2. The highest BCUT2D eigenvalue weighted by atomic mass is 16.5. The van der Waals surface area contributed by atoms with Gasteiger partial charge in [0.05, 0.1) is 7.11 Å². The van der Waals surface area contributed by atoms with Crippen molar-refractivity contribution in [2.45, 2.75) is 13.0 Å². The largest absolute Gasteiger partial charge is 0.497 e. The van der Waals surface area contributed by atoms with Gasteiger partial charge in [-0.3, -0.25) is 0 Å². The molecular weight excluding hydrogens is 266 g/mol. The van der Waals surface area contributed by atoms with Crippen LogP contribution in [0.1, 0.15) is 18.5 Å². The lowest BCUT2D eigenvalue weighted by Crippen LogP contribution is -2.10. The monoisotopic (exact) mass is 287 g/mol. The molecule has 1 unspecified atom stereocenters. The van der Waals surface area contributed by atoms with Gasteiger partial charge in [0.15, 0.2) is 0 Å². The average molecular weight is 287 g/mol. The van der Waals surface area contributed by atoms with Crippen LogP contribution in [0.3, 0.4) is 0 Å². The van der Waals surface area contributed by atoms with E-state index in [1.807, 2.05) is 55.5 Å². The number of hydrogen-bond donors (Lipinski definition) is 1. The van der Waals surface area contributed by atoms with Gasteiger partial charge in [-0.25, -0.2) is 0 Å². The fourth-order valence-corrected chi connectivity index (χ4v) is 1.88. The van der Waals surface area contributed by atoms with Gasteiger partial charge in [-0.15, -0.1) is 0 Å². The van der Waals surface area contributed by atoms with E-state index in [0.29, 0.717) is 13.2 Å². The Morgan fingerprint density at radius 3 is 2.14 bits per heavy atom. The third-order valence-electron chi connectivity index (χ3n) is 3.06. The number of hydrogen-bond acceptors (Lipinski definition) is 4. The summed E-state index contributed by atoms with van der Waals surface area (Å²) < 4.78 is 16.4. The maximum atomic E-state index is 5.85. The molecule has 0 fully saturated rings. The Bertz CT molecular complexity index is 552. The normalized spacial score (nSPS) is 11.8. The summed E-state index contributed by atoms with van der Waals surface area (Å²) in [6.07, 6.45) is 0. The Morgan fingerprint density at radius 2 is 1.52 bits per heavy atom. The highest BCUT2D eigenvalue weighted by Crippen LogP contribution is 2.18. The van der Waals surface area contributed by atoms with Crippen molar-refractivity contribution in [2.24, 2.45) is 5.73 Å². The van der Waals surface area contributed by atoms with E-state index in [0.717, 1.165) is 22.8 Å². The van der Waals surface area contributed by atoms with Crippen molar-refractivity contribution in [2.75, 3.05) is 20.3 Å². The molecule has 0 amide bonds. The third kappa shape index (κ3) is 4.68. The standard InChI is InChI=1S/C17H21NO3/c1-13(18)14-4-3-5-17(12-14)21-11-10-20-16-8-6-15(19-2)7-9-16/h3-9,12-13H,10-11,18H2,1-2H3. The molecule has 112 valence electrons. The number of nitrogens with two attached hydrogens (primary N) is 1. The van der Waals surface area contributed by atoms with Crippen molar-refractivity contribution in [3.63, 3.8) is 0 Å². The summed E-state index contributed by atoms with van der Waals surface area (Å²) in [4.78, 5) is 0. The van der Waals surface area contributed by atoms with Crippen LogP contribution in [0.4, 0.5) is 0 Å². The average Bonchev–Trinajstić information content (AvgIpc) is 2.52. The minimum atomic E-state index is 0.00380. The van der Waals surface area contributed by atoms with Gasteiger partial charge in [0, 0.05) is 6.04 Å². The van der Waals surface area contributed by atoms with E-state index in [1.165, 1.54) is 0 Å². The van der Waals surface area contributed by atoms with E-state index >= 15 is 0 Å². The smallest absolute Gasteiger partial charge is 0.122 e. The van der Waals surface area contributed by atoms with Crippen LogP contribution in [0.15, 0.2) is 48.5 Å². The van der Waals surface area contributed by atoms with Crippen molar-refractivity contribution in [1.29, 1.82) is 0 Å². The van der Waals surface area contributed by atoms with Crippen LogP contribution >= 0.6 is 0 Å². The molecule has 2 rings (SSSR count). The van der Waals surface area contributed by atoms with Crippen LogP contribution in [0.2, 0.25) is 0 Å². The first kappa shape index (κ1) is 15.2. The Hall–Kier alpha value is -2.20. The zero-order valence-corrected chi connectivity index (χ0v) is 12.4. The van der Waals surface area contributed by atoms with E-state index in [1.54, 1.807) is 7.11 Å². The molecule has 0 bridgehead atoms. The van der Waals surface area contributed by atoms with Crippen molar-refractivity contribution < 1.29 is 14.2 Å². The predicted octanol–water partition coefficient (Wildman–Crippen LogP) is 3.17. The predicted molar refractivity (Wildman–Crippen MR) is 83.0 cm³/mol. The van der Waals surface area contributed by atoms with Gasteiger partial charge in [-0.1, -0.05) is 12.1 Å². The Labute approximate surface area is 125 Å². The van der Waals surface area contributed by atoms with Crippen LogP contribution < -0.4 is 19.9 Å². The van der Waals surface area contributed by atoms with Crippen molar-refractivity contribution >= 4 is 0 Å². The fraction of sp³-hybridized carbons (Fsp3) is 0.294. The molecule has 2 N–H and O–H groups in total. The molecule has 0 aromatic heterocycles. The molecule has 0 aliphatic carbocycles. The minimum absolute atomic E-state index is 0.00380. The van der Waals surface area contributed by atoms with Crippen LogP contribution in [-0.2, 0) is 0 Å². The zero-order chi connectivity index (χ0) is 15.1. The fourth-order valence-electron chi connectivity index (χ4n) is 1.88.